The minimum Gasteiger partial charge on any atom is -0.478 e. The fourth-order valence-electron chi connectivity index (χ4n) is 5.17. The number of halogens is 3. The standard InChI is InChI=1S/C33H33F3N4O2/c34-33(35,36)21-28(24-10-4-3-5-11-24)32(25-13-15-29-27(20-25)23-38-39-29)26-14-16-30(37-22-26)42-19-9-2-1-6-12-31(41)40-17-7-8-18-40/h3-6,10-16,20,22-23H,1-2,7-9,17-19,21H2,(H,38,39)/b12-6+,32-28-. The van der Waals surface area contributed by atoms with Crippen molar-refractivity contribution in [3.63, 3.8) is 0 Å². The SMILES string of the molecule is O=C(/C=C/CCCCOc1ccc(/C(=C(/CC(F)(F)F)c2ccccc2)c2ccc3[nH]ncc3c2)cn1)N1CCCC1. The van der Waals surface area contributed by atoms with Crippen LogP contribution in [0.25, 0.3) is 22.0 Å². The van der Waals surface area contributed by atoms with E-state index < -0.39 is 12.6 Å². The number of carbonyl (C=O) groups is 1. The van der Waals surface area contributed by atoms with Crippen molar-refractivity contribution >= 4 is 28.0 Å². The summed E-state index contributed by atoms with van der Waals surface area (Å²) >= 11 is 0. The van der Waals surface area contributed by atoms with E-state index in [0.29, 0.717) is 34.8 Å². The third kappa shape index (κ3) is 7.66. The van der Waals surface area contributed by atoms with Gasteiger partial charge in [0.25, 0.3) is 0 Å². The fraction of sp³-hybridized carbons (Fsp3) is 0.303. The molecule has 1 N–H and O–H groups in total. The average Bonchev–Trinajstić information content (AvgIpc) is 3.69. The number of likely N-dealkylation sites (tertiary alicyclic amines) is 1. The predicted molar refractivity (Wildman–Crippen MR) is 158 cm³/mol. The smallest absolute Gasteiger partial charge is 0.393 e. The van der Waals surface area contributed by atoms with Crippen molar-refractivity contribution in [1.82, 2.24) is 20.1 Å². The molecule has 1 aliphatic heterocycles. The molecule has 2 aromatic carbocycles. The van der Waals surface area contributed by atoms with Gasteiger partial charge in [0.1, 0.15) is 0 Å². The summed E-state index contributed by atoms with van der Waals surface area (Å²) in [5, 5.41) is 7.74. The van der Waals surface area contributed by atoms with E-state index in [0.717, 1.165) is 56.1 Å². The molecule has 0 aliphatic carbocycles. The predicted octanol–water partition coefficient (Wildman–Crippen LogP) is 7.60. The third-order valence-corrected chi connectivity index (χ3v) is 7.25. The first-order valence-electron chi connectivity index (χ1n) is 14.2. The molecule has 1 fully saturated rings. The molecule has 0 unspecified atom stereocenters. The van der Waals surface area contributed by atoms with Crippen LogP contribution in [0.5, 0.6) is 5.88 Å². The Bertz CT molecular complexity index is 1540. The van der Waals surface area contributed by atoms with Gasteiger partial charge in [-0.1, -0.05) is 42.5 Å². The number of benzene rings is 2. The summed E-state index contributed by atoms with van der Waals surface area (Å²) in [4.78, 5) is 18.4. The molecule has 0 bridgehead atoms. The fourth-order valence-corrected chi connectivity index (χ4v) is 5.17. The van der Waals surface area contributed by atoms with Crippen LogP contribution in [-0.2, 0) is 4.79 Å². The number of aromatic amines is 1. The summed E-state index contributed by atoms with van der Waals surface area (Å²) in [6, 6.07) is 17.5. The van der Waals surface area contributed by atoms with Gasteiger partial charge in [-0.25, -0.2) is 4.98 Å². The first-order chi connectivity index (χ1) is 20.4. The molecule has 2 aromatic heterocycles. The number of nitrogens with one attached hydrogen (secondary N) is 1. The highest BCUT2D eigenvalue weighted by molar-refractivity contribution is 6.00. The van der Waals surface area contributed by atoms with Gasteiger partial charge in [0.05, 0.1) is 24.7 Å². The number of ether oxygens (including phenoxy) is 1. The van der Waals surface area contributed by atoms with Crippen molar-refractivity contribution < 1.29 is 22.7 Å². The lowest BCUT2D eigenvalue weighted by molar-refractivity contribution is -0.125. The zero-order valence-electron chi connectivity index (χ0n) is 23.2. The lowest BCUT2D eigenvalue weighted by Crippen LogP contribution is -2.25. The Morgan fingerprint density at radius 1 is 0.952 bits per heavy atom. The van der Waals surface area contributed by atoms with Crippen LogP contribution >= 0.6 is 0 Å². The maximum absolute atomic E-state index is 13.9. The topological polar surface area (TPSA) is 71.1 Å². The van der Waals surface area contributed by atoms with E-state index in [1.807, 2.05) is 23.1 Å². The van der Waals surface area contributed by atoms with Crippen molar-refractivity contribution in [2.45, 2.75) is 44.7 Å². The Morgan fingerprint density at radius 2 is 1.74 bits per heavy atom. The van der Waals surface area contributed by atoms with Crippen LogP contribution in [0.4, 0.5) is 13.2 Å². The Morgan fingerprint density at radius 3 is 2.48 bits per heavy atom. The molecular formula is C33H33F3N4O2. The lowest BCUT2D eigenvalue weighted by atomic mass is 9.88. The molecule has 0 atom stereocenters. The van der Waals surface area contributed by atoms with Crippen LogP contribution in [0.15, 0.2) is 85.2 Å². The Labute approximate surface area is 242 Å². The number of rotatable bonds is 11. The van der Waals surface area contributed by atoms with E-state index in [1.54, 1.807) is 67.0 Å². The lowest BCUT2D eigenvalue weighted by Gasteiger charge is -2.19. The van der Waals surface area contributed by atoms with Crippen LogP contribution in [-0.4, -0.2) is 51.9 Å². The Balaban J connectivity index is 1.31. The number of allylic oxidation sites excluding steroid dienone is 2. The van der Waals surface area contributed by atoms with E-state index in [1.165, 1.54) is 0 Å². The first-order valence-corrected chi connectivity index (χ1v) is 14.2. The van der Waals surface area contributed by atoms with Crippen LogP contribution in [0.1, 0.15) is 55.2 Å². The molecule has 1 saturated heterocycles. The molecular weight excluding hydrogens is 541 g/mol. The summed E-state index contributed by atoms with van der Waals surface area (Å²) in [7, 11) is 0. The van der Waals surface area contributed by atoms with E-state index >= 15 is 0 Å². The molecule has 4 aromatic rings. The largest absolute Gasteiger partial charge is 0.478 e. The highest BCUT2D eigenvalue weighted by Gasteiger charge is 2.31. The number of amides is 1. The molecule has 1 amide bonds. The average molecular weight is 575 g/mol. The summed E-state index contributed by atoms with van der Waals surface area (Å²) in [6.45, 7) is 2.13. The van der Waals surface area contributed by atoms with E-state index in [-0.39, 0.29) is 11.5 Å². The van der Waals surface area contributed by atoms with Gasteiger partial charge in [0.2, 0.25) is 11.8 Å². The summed E-state index contributed by atoms with van der Waals surface area (Å²) < 4.78 is 47.5. The molecule has 0 saturated carbocycles. The van der Waals surface area contributed by atoms with Gasteiger partial charge in [-0.3, -0.25) is 9.89 Å². The van der Waals surface area contributed by atoms with Crippen LogP contribution in [0.3, 0.4) is 0 Å². The molecule has 1 aliphatic rings. The molecule has 3 heterocycles. The van der Waals surface area contributed by atoms with Gasteiger partial charge in [-0.05, 0) is 78.7 Å². The van der Waals surface area contributed by atoms with Gasteiger partial charge in [-0.2, -0.15) is 18.3 Å². The van der Waals surface area contributed by atoms with Crippen molar-refractivity contribution in [3.05, 3.63) is 102 Å². The Hall–Kier alpha value is -4.40. The second kappa shape index (κ2) is 13.5. The molecule has 42 heavy (non-hydrogen) atoms. The summed E-state index contributed by atoms with van der Waals surface area (Å²) in [6.07, 6.45) is 5.86. The molecule has 218 valence electrons. The van der Waals surface area contributed by atoms with Crippen molar-refractivity contribution in [2.75, 3.05) is 19.7 Å². The van der Waals surface area contributed by atoms with Gasteiger partial charge < -0.3 is 9.64 Å². The third-order valence-electron chi connectivity index (χ3n) is 7.25. The molecule has 9 heteroatoms. The minimum atomic E-state index is -4.41. The second-order valence-corrected chi connectivity index (χ2v) is 10.3. The zero-order valence-corrected chi connectivity index (χ0v) is 23.2. The Kier molecular flexibility index (Phi) is 9.36. The molecule has 0 spiro atoms. The molecule has 5 rings (SSSR count). The number of nitrogens with zero attached hydrogens (tertiary/aromatic N) is 3. The second-order valence-electron chi connectivity index (χ2n) is 10.3. The van der Waals surface area contributed by atoms with Gasteiger partial charge in [0, 0.05) is 36.3 Å². The van der Waals surface area contributed by atoms with Gasteiger partial charge >= 0.3 is 6.18 Å². The normalized spacial score (nSPS) is 14.5. The maximum Gasteiger partial charge on any atom is 0.393 e. The summed E-state index contributed by atoms with van der Waals surface area (Å²) in [5.74, 6) is 0.483. The number of aromatic nitrogens is 3. The number of carbonyl (C=O) groups excluding carboxylic acids is 1. The van der Waals surface area contributed by atoms with Crippen molar-refractivity contribution in [3.8, 4) is 5.88 Å². The van der Waals surface area contributed by atoms with E-state index in [4.69, 9.17) is 4.74 Å². The van der Waals surface area contributed by atoms with E-state index in [9.17, 15) is 18.0 Å². The molecule has 6 nitrogen and oxygen atoms in total. The quantitative estimate of drug-likeness (QED) is 0.114. The van der Waals surface area contributed by atoms with Crippen LogP contribution < -0.4 is 4.74 Å². The number of pyridine rings is 1. The zero-order chi connectivity index (χ0) is 29.4. The first kappa shape index (κ1) is 29.1. The summed E-state index contributed by atoms with van der Waals surface area (Å²) in [5.41, 5.74) is 3.10. The number of fused-ring (bicyclic) bond motifs is 1. The number of hydrogen-bond donors (Lipinski definition) is 1. The van der Waals surface area contributed by atoms with Gasteiger partial charge in [-0.15, -0.1) is 0 Å². The highest BCUT2D eigenvalue weighted by Crippen LogP contribution is 2.40. The molecule has 0 radical (unpaired) electrons. The van der Waals surface area contributed by atoms with Gasteiger partial charge in [0.15, 0.2) is 0 Å². The highest BCUT2D eigenvalue weighted by atomic mass is 19.4. The monoisotopic (exact) mass is 574 g/mol. The number of unbranched alkanes of at least 4 members (excludes halogenated alkanes) is 2. The van der Waals surface area contributed by atoms with E-state index in [2.05, 4.69) is 15.2 Å². The number of hydrogen-bond acceptors (Lipinski definition) is 4. The van der Waals surface area contributed by atoms with Crippen LogP contribution in [0, 0.1) is 0 Å². The van der Waals surface area contributed by atoms with Crippen LogP contribution in [0.2, 0.25) is 0 Å². The minimum absolute atomic E-state index is 0.0804. The maximum atomic E-state index is 13.9. The van der Waals surface area contributed by atoms with Crippen molar-refractivity contribution in [1.29, 1.82) is 0 Å². The number of alkyl halides is 3. The van der Waals surface area contributed by atoms with Crippen molar-refractivity contribution in [2.24, 2.45) is 0 Å². The number of H-pyrrole nitrogens is 1.